The van der Waals surface area contributed by atoms with Gasteiger partial charge in [0.25, 0.3) is 0 Å². The predicted molar refractivity (Wildman–Crippen MR) is 95.4 cm³/mol. The van der Waals surface area contributed by atoms with Crippen LogP contribution >= 0.6 is 0 Å². The minimum atomic E-state index is -0.431. The molecule has 4 aliphatic rings. The van der Waals surface area contributed by atoms with Crippen molar-refractivity contribution in [2.45, 2.75) is 38.5 Å². The molecule has 0 saturated heterocycles. The zero-order valence-electron chi connectivity index (χ0n) is 15.5. The summed E-state index contributed by atoms with van der Waals surface area (Å²) in [5, 5.41) is 0. The van der Waals surface area contributed by atoms with Crippen molar-refractivity contribution >= 4 is 11.8 Å². The van der Waals surface area contributed by atoms with Crippen molar-refractivity contribution < 1.29 is 23.8 Å². The van der Waals surface area contributed by atoms with Crippen LogP contribution in [0.1, 0.15) is 48.9 Å². The zero-order valence-corrected chi connectivity index (χ0v) is 15.5. The summed E-state index contributed by atoms with van der Waals surface area (Å²) < 4.78 is 15.9. The molecule has 4 bridgehead atoms. The van der Waals surface area contributed by atoms with Crippen LogP contribution in [0, 0.1) is 23.2 Å². The Morgan fingerprint density at radius 3 is 2.15 bits per heavy atom. The zero-order chi connectivity index (χ0) is 18.3. The highest BCUT2D eigenvalue weighted by Gasteiger charge is 2.54. The lowest BCUT2D eigenvalue weighted by Gasteiger charge is -2.55. The van der Waals surface area contributed by atoms with Crippen LogP contribution < -0.4 is 9.47 Å². The topological polar surface area (TPSA) is 61.8 Å². The Kier molecular flexibility index (Phi) is 4.41. The van der Waals surface area contributed by atoms with E-state index in [4.69, 9.17) is 14.2 Å². The van der Waals surface area contributed by atoms with Gasteiger partial charge < -0.3 is 14.2 Å². The van der Waals surface area contributed by atoms with Crippen molar-refractivity contribution in [3.63, 3.8) is 0 Å². The summed E-state index contributed by atoms with van der Waals surface area (Å²) in [6, 6.07) is 4.87. The number of ketones is 1. The molecule has 4 fully saturated rings. The molecule has 0 heterocycles. The highest BCUT2D eigenvalue weighted by atomic mass is 16.5. The molecule has 1 aromatic rings. The van der Waals surface area contributed by atoms with E-state index < -0.39 is 5.97 Å². The van der Waals surface area contributed by atoms with Gasteiger partial charge in [0, 0.05) is 5.41 Å². The lowest BCUT2D eigenvalue weighted by atomic mass is 9.48. The van der Waals surface area contributed by atoms with Crippen LogP contribution in [0.5, 0.6) is 11.5 Å². The maximum Gasteiger partial charge on any atom is 0.337 e. The van der Waals surface area contributed by atoms with Crippen LogP contribution in [0.4, 0.5) is 0 Å². The molecule has 5 heteroatoms. The number of rotatable bonds is 6. The molecule has 26 heavy (non-hydrogen) atoms. The fourth-order valence-electron chi connectivity index (χ4n) is 5.78. The Morgan fingerprint density at radius 1 is 1.00 bits per heavy atom. The third kappa shape index (κ3) is 2.97. The fraction of sp³-hybridized carbons (Fsp3) is 0.619. The molecule has 0 spiro atoms. The smallest absolute Gasteiger partial charge is 0.337 e. The molecule has 0 amide bonds. The maximum atomic E-state index is 13.1. The number of carbonyl (C=O) groups excluding carboxylic acids is 2. The summed E-state index contributed by atoms with van der Waals surface area (Å²) in [4.78, 5) is 24.7. The van der Waals surface area contributed by atoms with E-state index in [1.807, 2.05) is 0 Å². The standard InChI is InChI=1S/C21H26O5/c1-24-18-8-16(20(23)25-2)3-4-17(18)26-12-19(22)21-9-13-5-14(10-21)7-15(6-13)11-21/h3-4,8,13-15H,5-7,9-12H2,1-2H3. The first-order valence-electron chi connectivity index (χ1n) is 9.45. The Morgan fingerprint density at radius 2 is 1.62 bits per heavy atom. The van der Waals surface area contributed by atoms with Gasteiger partial charge in [-0.05, 0) is 74.5 Å². The third-order valence-electron chi connectivity index (χ3n) is 6.57. The van der Waals surface area contributed by atoms with Gasteiger partial charge in [-0.25, -0.2) is 4.79 Å². The van der Waals surface area contributed by atoms with Crippen molar-refractivity contribution in [1.29, 1.82) is 0 Å². The van der Waals surface area contributed by atoms with Crippen LogP contribution in [-0.2, 0) is 9.53 Å². The number of ether oxygens (including phenoxy) is 3. The number of carbonyl (C=O) groups is 2. The number of Topliss-reactive ketones (excluding diaryl/α,β-unsaturated/α-hetero) is 1. The summed E-state index contributed by atoms with van der Waals surface area (Å²) in [5.74, 6) is 2.93. The number of hydrogen-bond donors (Lipinski definition) is 0. The van der Waals surface area contributed by atoms with Crippen molar-refractivity contribution in [3.8, 4) is 11.5 Å². The van der Waals surface area contributed by atoms with Crippen molar-refractivity contribution in [2.24, 2.45) is 23.2 Å². The van der Waals surface area contributed by atoms with Crippen LogP contribution in [0.25, 0.3) is 0 Å². The number of esters is 1. The summed E-state index contributed by atoms with van der Waals surface area (Å²) in [5.41, 5.74) is 0.234. The van der Waals surface area contributed by atoms with Crippen molar-refractivity contribution in [3.05, 3.63) is 23.8 Å². The first-order chi connectivity index (χ1) is 12.5. The van der Waals surface area contributed by atoms with Gasteiger partial charge in [-0.2, -0.15) is 0 Å². The lowest BCUT2D eigenvalue weighted by Crippen LogP contribution is -2.51. The molecule has 140 valence electrons. The Bertz CT molecular complexity index is 688. The summed E-state index contributed by atoms with van der Waals surface area (Å²) in [6.07, 6.45) is 7.07. The second kappa shape index (κ2) is 6.60. The molecule has 1 aromatic carbocycles. The normalized spacial score (nSPS) is 31.5. The highest BCUT2D eigenvalue weighted by molar-refractivity contribution is 5.90. The minimum Gasteiger partial charge on any atom is -0.493 e. The Balaban J connectivity index is 1.45. The van der Waals surface area contributed by atoms with Gasteiger partial charge in [-0.15, -0.1) is 0 Å². The fourth-order valence-corrected chi connectivity index (χ4v) is 5.78. The van der Waals surface area contributed by atoms with Crippen LogP contribution in [0.2, 0.25) is 0 Å². The molecule has 0 radical (unpaired) electrons. The van der Waals surface area contributed by atoms with Gasteiger partial charge in [-0.3, -0.25) is 4.79 Å². The second-order valence-corrected chi connectivity index (χ2v) is 8.27. The van der Waals surface area contributed by atoms with Crippen LogP contribution in [-0.4, -0.2) is 32.6 Å². The molecule has 0 aromatic heterocycles. The van der Waals surface area contributed by atoms with E-state index in [0.29, 0.717) is 17.1 Å². The molecule has 4 aliphatic carbocycles. The quantitative estimate of drug-likeness (QED) is 0.727. The monoisotopic (exact) mass is 358 g/mol. The van der Waals surface area contributed by atoms with E-state index in [0.717, 1.165) is 37.0 Å². The first-order valence-corrected chi connectivity index (χ1v) is 9.45. The second-order valence-electron chi connectivity index (χ2n) is 8.27. The SMILES string of the molecule is COC(=O)c1ccc(OCC(=O)C23CC4CC(CC(C4)C2)C3)c(OC)c1. The average Bonchev–Trinajstić information content (AvgIpc) is 2.64. The van der Waals surface area contributed by atoms with Gasteiger partial charge >= 0.3 is 5.97 Å². The van der Waals surface area contributed by atoms with E-state index >= 15 is 0 Å². The van der Waals surface area contributed by atoms with E-state index in [1.54, 1.807) is 18.2 Å². The van der Waals surface area contributed by atoms with Crippen molar-refractivity contribution in [1.82, 2.24) is 0 Å². The summed E-state index contributed by atoms with van der Waals surface area (Å²) in [7, 11) is 2.85. The van der Waals surface area contributed by atoms with E-state index in [9.17, 15) is 9.59 Å². The van der Waals surface area contributed by atoms with E-state index in [2.05, 4.69) is 0 Å². The van der Waals surface area contributed by atoms with Gasteiger partial charge in [0.1, 0.15) is 6.61 Å². The lowest BCUT2D eigenvalue weighted by molar-refractivity contribution is -0.146. The first kappa shape index (κ1) is 17.4. The maximum absolute atomic E-state index is 13.1. The van der Waals surface area contributed by atoms with Crippen LogP contribution in [0.3, 0.4) is 0 Å². The van der Waals surface area contributed by atoms with E-state index in [1.165, 1.54) is 33.5 Å². The average molecular weight is 358 g/mol. The predicted octanol–water partition coefficient (Wildman–Crippen LogP) is 3.65. The number of methoxy groups -OCH3 is 2. The van der Waals surface area contributed by atoms with Gasteiger partial charge in [0.15, 0.2) is 17.3 Å². The molecular formula is C21H26O5. The molecule has 4 saturated carbocycles. The molecular weight excluding hydrogens is 332 g/mol. The molecule has 5 rings (SSSR count). The number of hydrogen-bond acceptors (Lipinski definition) is 5. The molecule has 0 atom stereocenters. The Hall–Kier alpha value is -2.04. The van der Waals surface area contributed by atoms with Gasteiger partial charge in [-0.1, -0.05) is 0 Å². The van der Waals surface area contributed by atoms with Crippen LogP contribution in [0.15, 0.2) is 18.2 Å². The molecule has 0 N–H and O–H groups in total. The highest BCUT2D eigenvalue weighted by Crippen LogP contribution is 2.60. The van der Waals surface area contributed by atoms with Gasteiger partial charge in [0.05, 0.1) is 19.8 Å². The Labute approximate surface area is 154 Å². The van der Waals surface area contributed by atoms with E-state index in [-0.39, 0.29) is 17.8 Å². The number of benzene rings is 1. The summed E-state index contributed by atoms with van der Waals surface area (Å²) in [6.45, 7) is 0.0695. The molecule has 0 aliphatic heterocycles. The third-order valence-corrected chi connectivity index (χ3v) is 6.57. The van der Waals surface area contributed by atoms with Crippen molar-refractivity contribution in [2.75, 3.05) is 20.8 Å². The van der Waals surface area contributed by atoms with Gasteiger partial charge in [0.2, 0.25) is 0 Å². The molecule has 5 nitrogen and oxygen atoms in total. The largest absolute Gasteiger partial charge is 0.493 e. The minimum absolute atomic E-state index is 0.0695. The molecule has 0 unspecified atom stereocenters. The summed E-state index contributed by atoms with van der Waals surface area (Å²) >= 11 is 0.